The molecule has 0 saturated heterocycles. The van der Waals surface area contributed by atoms with Crippen LogP contribution < -0.4 is 10.6 Å². The SMILES string of the molecule is CCOC(=O)[C@H](Cc1ccc(O)cc1)NC(=O)C1(NC(=O)OC(C)(C)C)CC1. The van der Waals surface area contributed by atoms with Crippen molar-refractivity contribution in [3.05, 3.63) is 29.8 Å². The molecule has 1 saturated carbocycles. The highest BCUT2D eigenvalue weighted by molar-refractivity contribution is 5.95. The Hall–Kier alpha value is -2.77. The van der Waals surface area contributed by atoms with Gasteiger partial charge in [0.05, 0.1) is 6.61 Å². The van der Waals surface area contributed by atoms with E-state index in [1.165, 1.54) is 12.1 Å². The van der Waals surface area contributed by atoms with Crippen molar-refractivity contribution in [2.75, 3.05) is 6.61 Å². The molecule has 1 atom stereocenters. The molecule has 0 aromatic heterocycles. The van der Waals surface area contributed by atoms with Gasteiger partial charge in [-0.15, -0.1) is 0 Å². The first-order valence-corrected chi connectivity index (χ1v) is 9.31. The standard InChI is InChI=1S/C20H28N2O6/c1-5-27-16(24)15(12-13-6-8-14(23)9-7-13)21-17(25)20(10-11-20)22-18(26)28-19(2,3)4/h6-9,15,23H,5,10-12H2,1-4H3,(H,21,25)(H,22,26)/t15-/m0/s1. The summed E-state index contributed by atoms with van der Waals surface area (Å²) in [7, 11) is 0. The zero-order chi connectivity index (χ0) is 20.9. The van der Waals surface area contributed by atoms with E-state index in [4.69, 9.17) is 9.47 Å². The summed E-state index contributed by atoms with van der Waals surface area (Å²) in [6.07, 6.45) is 0.457. The zero-order valence-corrected chi connectivity index (χ0v) is 16.7. The van der Waals surface area contributed by atoms with Gasteiger partial charge >= 0.3 is 12.1 Å². The van der Waals surface area contributed by atoms with Crippen LogP contribution in [0.15, 0.2) is 24.3 Å². The number of alkyl carbamates (subject to hydrolysis) is 1. The number of phenolic OH excluding ortho intramolecular Hbond substituents is 1. The summed E-state index contributed by atoms with van der Waals surface area (Å²) in [6, 6.07) is 5.44. The number of ether oxygens (including phenoxy) is 2. The molecule has 0 aliphatic heterocycles. The molecular formula is C20H28N2O6. The van der Waals surface area contributed by atoms with Gasteiger partial charge in [-0.3, -0.25) is 4.79 Å². The van der Waals surface area contributed by atoms with Gasteiger partial charge in [0, 0.05) is 6.42 Å². The second kappa shape index (κ2) is 8.50. The zero-order valence-electron chi connectivity index (χ0n) is 16.7. The molecule has 0 bridgehead atoms. The molecule has 1 aliphatic carbocycles. The molecular weight excluding hydrogens is 364 g/mol. The van der Waals surface area contributed by atoms with Crippen LogP contribution in [-0.4, -0.2) is 46.9 Å². The predicted octanol–water partition coefficient (Wildman–Crippen LogP) is 2.04. The summed E-state index contributed by atoms with van der Waals surface area (Å²) in [5.74, 6) is -0.897. The van der Waals surface area contributed by atoms with Crippen LogP contribution in [0, 0.1) is 0 Å². The van der Waals surface area contributed by atoms with Crippen LogP contribution in [0.2, 0.25) is 0 Å². The summed E-state index contributed by atoms with van der Waals surface area (Å²) in [4.78, 5) is 37.1. The van der Waals surface area contributed by atoms with Crippen LogP contribution in [0.4, 0.5) is 4.79 Å². The average Bonchev–Trinajstić information content (AvgIpc) is 3.35. The van der Waals surface area contributed by atoms with Crippen molar-refractivity contribution >= 4 is 18.0 Å². The minimum absolute atomic E-state index is 0.110. The molecule has 0 spiro atoms. The lowest BCUT2D eigenvalue weighted by molar-refractivity contribution is -0.147. The summed E-state index contributed by atoms with van der Waals surface area (Å²) >= 11 is 0. The largest absolute Gasteiger partial charge is 0.508 e. The first-order valence-electron chi connectivity index (χ1n) is 9.31. The molecule has 0 heterocycles. The van der Waals surface area contributed by atoms with Crippen LogP contribution in [-0.2, 0) is 25.5 Å². The number of benzene rings is 1. The van der Waals surface area contributed by atoms with Crippen molar-refractivity contribution in [2.24, 2.45) is 0 Å². The Bertz CT molecular complexity index is 719. The van der Waals surface area contributed by atoms with Gasteiger partial charge in [-0.25, -0.2) is 9.59 Å². The summed E-state index contributed by atoms with van der Waals surface area (Å²) in [5.41, 5.74) is -0.994. The Labute approximate surface area is 164 Å². The lowest BCUT2D eigenvalue weighted by Crippen LogP contribution is -2.54. The summed E-state index contributed by atoms with van der Waals surface area (Å²) < 4.78 is 10.3. The summed E-state index contributed by atoms with van der Waals surface area (Å²) in [6.45, 7) is 7.08. The quantitative estimate of drug-likeness (QED) is 0.612. The number of carbonyl (C=O) groups is 3. The normalized spacial score (nSPS) is 15.9. The lowest BCUT2D eigenvalue weighted by Gasteiger charge is -2.24. The average molecular weight is 392 g/mol. The van der Waals surface area contributed by atoms with Gasteiger partial charge in [-0.05, 0) is 58.2 Å². The van der Waals surface area contributed by atoms with E-state index in [9.17, 15) is 19.5 Å². The number of aromatic hydroxyl groups is 1. The number of phenols is 1. The van der Waals surface area contributed by atoms with Crippen LogP contribution in [0.5, 0.6) is 5.75 Å². The maximum absolute atomic E-state index is 12.8. The number of carbonyl (C=O) groups excluding carboxylic acids is 3. The van der Waals surface area contributed by atoms with Crippen LogP contribution >= 0.6 is 0 Å². The number of hydrogen-bond acceptors (Lipinski definition) is 6. The molecule has 0 unspecified atom stereocenters. The van der Waals surface area contributed by atoms with E-state index in [1.807, 2.05) is 0 Å². The van der Waals surface area contributed by atoms with Gasteiger partial charge in [0.15, 0.2) is 0 Å². The number of amides is 2. The van der Waals surface area contributed by atoms with Gasteiger partial charge in [0.1, 0.15) is 22.9 Å². The van der Waals surface area contributed by atoms with E-state index in [0.717, 1.165) is 5.56 Å². The molecule has 1 fully saturated rings. The number of esters is 1. The Morgan fingerprint density at radius 1 is 1.18 bits per heavy atom. The fraction of sp³-hybridized carbons (Fsp3) is 0.550. The highest BCUT2D eigenvalue weighted by Gasteiger charge is 2.52. The Morgan fingerprint density at radius 3 is 2.29 bits per heavy atom. The van der Waals surface area contributed by atoms with Gasteiger partial charge in [0.2, 0.25) is 5.91 Å². The second-order valence-corrected chi connectivity index (χ2v) is 7.86. The smallest absolute Gasteiger partial charge is 0.408 e. The molecule has 2 amide bonds. The second-order valence-electron chi connectivity index (χ2n) is 7.86. The summed E-state index contributed by atoms with van der Waals surface area (Å²) in [5, 5.41) is 14.7. The molecule has 0 radical (unpaired) electrons. The first-order chi connectivity index (χ1) is 13.0. The lowest BCUT2D eigenvalue weighted by atomic mass is 10.0. The molecule has 1 aliphatic rings. The van der Waals surface area contributed by atoms with Gasteiger partial charge < -0.3 is 25.2 Å². The third-order valence-corrected chi connectivity index (χ3v) is 4.18. The number of rotatable bonds is 7. The molecule has 3 N–H and O–H groups in total. The van der Waals surface area contributed by atoms with Crippen molar-refractivity contribution in [1.82, 2.24) is 10.6 Å². The Balaban J connectivity index is 2.05. The van der Waals surface area contributed by atoms with E-state index >= 15 is 0 Å². The third kappa shape index (κ3) is 6.14. The van der Waals surface area contributed by atoms with E-state index in [-0.39, 0.29) is 18.8 Å². The van der Waals surface area contributed by atoms with Crippen molar-refractivity contribution in [3.8, 4) is 5.75 Å². The van der Waals surface area contributed by atoms with E-state index in [2.05, 4.69) is 10.6 Å². The highest BCUT2D eigenvalue weighted by Crippen LogP contribution is 2.36. The molecule has 1 aromatic carbocycles. The Morgan fingerprint density at radius 2 is 1.79 bits per heavy atom. The molecule has 2 rings (SSSR count). The van der Waals surface area contributed by atoms with Crippen LogP contribution in [0.25, 0.3) is 0 Å². The van der Waals surface area contributed by atoms with Gasteiger partial charge in [0.25, 0.3) is 0 Å². The maximum atomic E-state index is 12.8. The molecule has 8 heteroatoms. The van der Waals surface area contributed by atoms with Crippen molar-refractivity contribution in [2.45, 2.75) is 64.1 Å². The molecule has 1 aromatic rings. The van der Waals surface area contributed by atoms with Crippen molar-refractivity contribution in [1.29, 1.82) is 0 Å². The van der Waals surface area contributed by atoms with Crippen molar-refractivity contribution < 1.29 is 29.0 Å². The van der Waals surface area contributed by atoms with E-state index in [0.29, 0.717) is 12.8 Å². The highest BCUT2D eigenvalue weighted by atomic mass is 16.6. The first kappa shape index (κ1) is 21.5. The van der Waals surface area contributed by atoms with Crippen LogP contribution in [0.3, 0.4) is 0 Å². The predicted molar refractivity (Wildman–Crippen MR) is 102 cm³/mol. The Kier molecular flexibility index (Phi) is 6.53. The minimum Gasteiger partial charge on any atom is -0.508 e. The maximum Gasteiger partial charge on any atom is 0.408 e. The fourth-order valence-electron chi connectivity index (χ4n) is 2.63. The minimum atomic E-state index is -1.07. The monoisotopic (exact) mass is 392 g/mol. The number of nitrogens with one attached hydrogen (secondary N) is 2. The number of hydrogen-bond donors (Lipinski definition) is 3. The van der Waals surface area contributed by atoms with Gasteiger partial charge in [-0.2, -0.15) is 0 Å². The van der Waals surface area contributed by atoms with E-state index < -0.39 is 35.2 Å². The van der Waals surface area contributed by atoms with E-state index in [1.54, 1.807) is 39.8 Å². The molecule has 154 valence electrons. The van der Waals surface area contributed by atoms with Gasteiger partial charge in [-0.1, -0.05) is 12.1 Å². The third-order valence-electron chi connectivity index (χ3n) is 4.18. The molecule has 8 nitrogen and oxygen atoms in total. The fourth-order valence-corrected chi connectivity index (χ4v) is 2.63. The topological polar surface area (TPSA) is 114 Å². The van der Waals surface area contributed by atoms with Crippen LogP contribution in [0.1, 0.15) is 46.1 Å². The molecule has 28 heavy (non-hydrogen) atoms. The van der Waals surface area contributed by atoms with Crippen molar-refractivity contribution in [3.63, 3.8) is 0 Å².